The van der Waals surface area contributed by atoms with E-state index in [1.54, 1.807) is 7.11 Å². The van der Waals surface area contributed by atoms with E-state index in [9.17, 15) is 4.79 Å². The molecule has 0 saturated carbocycles. The molecule has 0 aliphatic carbocycles. The number of hydrogen-bond donors (Lipinski definition) is 2. The number of nitrogens with one attached hydrogen (secondary N) is 2. The van der Waals surface area contributed by atoms with Crippen LogP contribution < -0.4 is 15.4 Å². The van der Waals surface area contributed by atoms with Gasteiger partial charge in [-0.1, -0.05) is 78.9 Å². The molecule has 1 amide bonds. The van der Waals surface area contributed by atoms with Crippen LogP contribution in [-0.2, 0) is 4.79 Å². The highest BCUT2D eigenvalue weighted by atomic mass is 32.2. The summed E-state index contributed by atoms with van der Waals surface area (Å²) < 4.78 is 6.07. The molecular formula is C21H24N4O2S2. The molecule has 0 saturated heterocycles. The van der Waals surface area contributed by atoms with E-state index in [1.807, 2.05) is 54.6 Å². The van der Waals surface area contributed by atoms with Gasteiger partial charge in [0.2, 0.25) is 11.0 Å². The second-order valence-corrected chi connectivity index (χ2v) is 8.51. The molecule has 8 heteroatoms. The van der Waals surface area contributed by atoms with Crippen molar-refractivity contribution in [1.29, 1.82) is 0 Å². The zero-order chi connectivity index (χ0) is 20.5. The number of para-hydroxylation sites is 2. The normalized spacial score (nSPS) is 11.7. The van der Waals surface area contributed by atoms with Gasteiger partial charge >= 0.3 is 0 Å². The largest absolute Gasteiger partial charge is 0.495 e. The second-order valence-electron chi connectivity index (χ2n) is 6.31. The Hall–Kier alpha value is -2.58. The van der Waals surface area contributed by atoms with E-state index in [0.717, 1.165) is 34.2 Å². The molecule has 3 aromatic rings. The lowest BCUT2D eigenvalue weighted by Crippen LogP contribution is -2.29. The van der Waals surface area contributed by atoms with Gasteiger partial charge in [-0.15, -0.1) is 10.2 Å². The summed E-state index contributed by atoms with van der Waals surface area (Å²) in [5.41, 5.74) is 1.96. The molecule has 0 radical (unpaired) electrons. The fraction of sp³-hybridized carbons (Fsp3) is 0.286. The maximum absolute atomic E-state index is 12.4. The maximum atomic E-state index is 12.4. The van der Waals surface area contributed by atoms with Crippen molar-refractivity contribution in [2.45, 2.75) is 30.1 Å². The summed E-state index contributed by atoms with van der Waals surface area (Å²) in [6, 6.07) is 17.7. The molecule has 1 atom stereocenters. The SMILES string of the molecule is CCCC(NC(=O)CSc1nnc(Nc2ccccc2OC)s1)c1ccccc1. The summed E-state index contributed by atoms with van der Waals surface area (Å²) in [7, 11) is 1.63. The monoisotopic (exact) mass is 428 g/mol. The van der Waals surface area contributed by atoms with Crippen LogP contribution in [-0.4, -0.2) is 29.0 Å². The van der Waals surface area contributed by atoms with Gasteiger partial charge in [0.15, 0.2) is 4.34 Å². The third kappa shape index (κ3) is 6.20. The number of rotatable bonds is 10. The number of ether oxygens (including phenoxy) is 1. The Morgan fingerprint density at radius 1 is 1.14 bits per heavy atom. The molecule has 152 valence electrons. The molecule has 0 spiro atoms. The van der Waals surface area contributed by atoms with E-state index >= 15 is 0 Å². The molecule has 29 heavy (non-hydrogen) atoms. The molecule has 6 nitrogen and oxygen atoms in total. The summed E-state index contributed by atoms with van der Waals surface area (Å²) >= 11 is 2.80. The maximum Gasteiger partial charge on any atom is 0.230 e. The van der Waals surface area contributed by atoms with E-state index in [4.69, 9.17) is 4.74 Å². The van der Waals surface area contributed by atoms with Crippen molar-refractivity contribution in [1.82, 2.24) is 15.5 Å². The van der Waals surface area contributed by atoms with Crippen molar-refractivity contribution >= 4 is 39.8 Å². The van der Waals surface area contributed by atoms with Gasteiger partial charge in [-0.3, -0.25) is 4.79 Å². The Bertz CT molecular complexity index is 918. The van der Waals surface area contributed by atoms with Gasteiger partial charge in [0.05, 0.1) is 24.6 Å². The summed E-state index contributed by atoms with van der Waals surface area (Å²) in [6.45, 7) is 2.12. The topological polar surface area (TPSA) is 76.1 Å². The molecule has 1 unspecified atom stereocenters. The Kier molecular flexibility index (Phi) is 7.89. The van der Waals surface area contributed by atoms with Gasteiger partial charge in [-0.25, -0.2) is 0 Å². The molecule has 2 aromatic carbocycles. The minimum Gasteiger partial charge on any atom is -0.495 e. The first-order valence-corrected chi connectivity index (χ1v) is 11.2. The number of amides is 1. The first-order valence-electron chi connectivity index (χ1n) is 9.40. The van der Waals surface area contributed by atoms with Crippen LogP contribution in [0.1, 0.15) is 31.4 Å². The van der Waals surface area contributed by atoms with Crippen molar-refractivity contribution in [3.8, 4) is 5.75 Å². The second kappa shape index (κ2) is 10.8. The lowest BCUT2D eigenvalue weighted by atomic mass is 10.0. The summed E-state index contributed by atoms with van der Waals surface area (Å²) in [6.07, 6.45) is 1.91. The summed E-state index contributed by atoms with van der Waals surface area (Å²) in [5, 5.41) is 15.3. The average Bonchev–Trinajstić information content (AvgIpc) is 3.20. The van der Waals surface area contributed by atoms with Crippen molar-refractivity contribution in [3.05, 3.63) is 60.2 Å². The number of hydrogen-bond acceptors (Lipinski definition) is 7. The van der Waals surface area contributed by atoms with Gasteiger partial charge in [-0.2, -0.15) is 0 Å². The Morgan fingerprint density at radius 3 is 2.66 bits per heavy atom. The fourth-order valence-corrected chi connectivity index (χ4v) is 4.42. The van der Waals surface area contributed by atoms with Crippen molar-refractivity contribution in [2.24, 2.45) is 0 Å². The van der Waals surface area contributed by atoms with Crippen LogP contribution in [0.15, 0.2) is 58.9 Å². The smallest absolute Gasteiger partial charge is 0.230 e. The van der Waals surface area contributed by atoms with E-state index in [-0.39, 0.29) is 11.9 Å². The van der Waals surface area contributed by atoms with Crippen LogP contribution >= 0.6 is 23.1 Å². The predicted molar refractivity (Wildman–Crippen MR) is 119 cm³/mol. The molecule has 2 N–H and O–H groups in total. The lowest BCUT2D eigenvalue weighted by Gasteiger charge is -2.18. The molecule has 1 heterocycles. The average molecular weight is 429 g/mol. The fourth-order valence-electron chi connectivity index (χ4n) is 2.84. The minimum absolute atomic E-state index is 0.00765. The van der Waals surface area contributed by atoms with Gasteiger partial charge in [0, 0.05) is 0 Å². The Morgan fingerprint density at radius 2 is 1.90 bits per heavy atom. The van der Waals surface area contributed by atoms with Crippen LogP contribution in [0.2, 0.25) is 0 Å². The number of carbonyl (C=O) groups excluding carboxylic acids is 1. The molecule has 3 rings (SSSR count). The molecule has 0 aliphatic rings. The third-order valence-electron chi connectivity index (χ3n) is 4.20. The zero-order valence-corrected chi connectivity index (χ0v) is 18.1. The number of benzene rings is 2. The van der Waals surface area contributed by atoms with Crippen molar-refractivity contribution in [2.75, 3.05) is 18.2 Å². The van der Waals surface area contributed by atoms with Crippen LogP contribution in [0.3, 0.4) is 0 Å². The van der Waals surface area contributed by atoms with Gasteiger partial charge in [0.25, 0.3) is 0 Å². The molecule has 0 fully saturated rings. The number of methoxy groups -OCH3 is 1. The highest BCUT2D eigenvalue weighted by molar-refractivity contribution is 8.01. The minimum atomic E-state index is -0.00765. The van der Waals surface area contributed by atoms with Gasteiger partial charge < -0.3 is 15.4 Å². The van der Waals surface area contributed by atoms with Crippen LogP contribution in [0.4, 0.5) is 10.8 Å². The van der Waals surface area contributed by atoms with E-state index in [2.05, 4.69) is 27.8 Å². The number of aromatic nitrogens is 2. The standard InChI is InChI=1S/C21H24N4O2S2/c1-3-9-16(15-10-5-4-6-11-15)22-19(26)14-28-21-25-24-20(29-21)23-17-12-7-8-13-18(17)27-2/h4-8,10-13,16H,3,9,14H2,1-2H3,(H,22,26)(H,23,24). The van der Waals surface area contributed by atoms with Gasteiger partial charge in [-0.05, 0) is 24.1 Å². The first kappa shape index (κ1) is 21.1. The van der Waals surface area contributed by atoms with Crippen molar-refractivity contribution < 1.29 is 9.53 Å². The van der Waals surface area contributed by atoms with Gasteiger partial charge in [0.1, 0.15) is 5.75 Å². The van der Waals surface area contributed by atoms with E-state index < -0.39 is 0 Å². The third-order valence-corrected chi connectivity index (χ3v) is 6.17. The predicted octanol–water partition coefficient (Wildman–Crippen LogP) is 5.04. The van der Waals surface area contributed by atoms with E-state index in [0.29, 0.717) is 10.9 Å². The van der Waals surface area contributed by atoms with Crippen molar-refractivity contribution in [3.63, 3.8) is 0 Å². The van der Waals surface area contributed by atoms with Crippen LogP contribution in [0.25, 0.3) is 0 Å². The number of nitrogens with zero attached hydrogens (tertiary/aromatic N) is 2. The van der Waals surface area contributed by atoms with Crippen LogP contribution in [0.5, 0.6) is 5.75 Å². The summed E-state index contributed by atoms with van der Waals surface area (Å²) in [5.74, 6) is 1.03. The molecule has 0 bridgehead atoms. The van der Waals surface area contributed by atoms with Crippen LogP contribution in [0, 0.1) is 0 Å². The first-order chi connectivity index (χ1) is 14.2. The summed E-state index contributed by atoms with van der Waals surface area (Å²) in [4.78, 5) is 12.4. The molecule has 1 aromatic heterocycles. The highest BCUT2D eigenvalue weighted by Crippen LogP contribution is 2.31. The lowest BCUT2D eigenvalue weighted by molar-refractivity contribution is -0.119. The Balaban J connectivity index is 1.54. The molecule has 0 aliphatic heterocycles. The number of anilines is 2. The Labute approximate surface area is 179 Å². The number of thioether (sulfide) groups is 1. The molecular weight excluding hydrogens is 404 g/mol. The number of carbonyl (C=O) groups is 1. The zero-order valence-electron chi connectivity index (χ0n) is 16.4. The quantitative estimate of drug-likeness (QED) is 0.441. The highest BCUT2D eigenvalue weighted by Gasteiger charge is 2.15. The van der Waals surface area contributed by atoms with E-state index in [1.165, 1.54) is 23.1 Å².